The first-order valence-electron chi connectivity index (χ1n) is 9.79. The molecular formula is C23H23N3O2. The summed E-state index contributed by atoms with van der Waals surface area (Å²) in [5.41, 5.74) is 4.87. The molecule has 142 valence electrons. The number of imidazole rings is 1. The van der Waals surface area contributed by atoms with E-state index in [1.54, 1.807) is 0 Å². The SMILES string of the molecule is Cc1cn2cc(-c3cc4ccc(C5CCN(C)CC5)cc4oc3=O)ccc2n1. The van der Waals surface area contributed by atoms with Gasteiger partial charge in [0.1, 0.15) is 11.2 Å². The maximum atomic E-state index is 12.7. The molecule has 5 nitrogen and oxygen atoms in total. The van der Waals surface area contributed by atoms with Crippen molar-refractivity contribution in [1.29, 1.82) is 0 Å². The summed E-state index contributed by atoms with van der Waals surface area (Å²) in [6, 6.07) is 12.1. The summed E-state index contributed by atoms with van der Waals surface area (Å²) in [7, 11) is 2.17. The number of rotatable bonds is 2. The van der Waals surface area contributed by atoms with Crippen molar-refractivity contribution in [3.8, 4) is 11.1 Å². The molecule has 0 saturated carbocycles. The fraction of sp³-hybridized carbons (Fsp3) is 0.304. The molecule has 0 unspecified atom stereocenters. The monoisotopic (exact) mass is 373 g/mol. The van der Waals surface area contributed by atoms with Crippen molar-refractivity contribution in [2.75, 3.05) is 20.1 Å². The van der Waals surface area contributed by atoms with Crippen molar-refractivity contribution in [3.63, 3.8) is 0 Å². The van der Waals surface area contributed by atoms with E-state index in [-0.39, 0.29) is 5.63 Å². The Morgan fingerprint density at radius 2 is 1.89 bits per heavy atom. The Bertz CT molecular complexity index is 1230. The minimum absolute atomic E-state index is 0.302. The molecule has 0 atom stereocenters. The minimum Gasteiger partial charge on any atom is -0.422 e. The fourth-order valence-corrected chi connectivity index (χ4v) is 4.20. The molecule has 5 heteroatoms. The summed E-state index contributed by atoms with van der Waals surface area (Å²) < 4.78 is 7.67. The number of piperidine rings is 1. The number of hydrogen-bond acceptors (Lipinski definition) is 4. The van der Waals surface area contributed by atoms with Crippen LogP contribution in [-0.2, 0) is 0 Å². The number of nitrogens with zero attached hydrogens (tertiary/aromatic N) is 3. The summed E-state index contributed by atoms with van der Waals surface area (Å²) in [6.45, 7) is 4.18. The molecule has 3 aromatic heterocycles. The van der Waals surface area contributed by atoms with Crippen LogP contribution in [0, 0.1) is 6.92 Å². The van der Waals surface area contributed by atoms with Gasteiger partial charge in [-0.05, 0) is 75.6 Å². The molecule has 4 aromatic rings. The lowest BCUT2D eigenvalue weighted by atomic mass is 9.89. The molecule has 1 fully saturated rings. The van der Waals surface area contributed by atoms with Crippen LogP contribution in [0.5, 0.6) is 0 Å². The largest absolute Gasteiger partial charge is 0.422 e. The van der Waals surface area contributed by atoms with Crippen LogP contribution in [0.25, 0.3) is 27.7 Å². The molecule has 5 rings (SSSR count). The van der Waals surface area contributed by atoms with Gasteiger partial charge >= 0.3 is 5.63 Å². The van der Waals surface area contributed by atoms with Crippen LogP contribution < -0.4 is 5.63 Å². The lowest BCUT2D eigenvalue weighted by Gasteiger charge is -2.29. The summed E-state index contributed by atoms with van der Waals surface area (Å²) in [4.78, 5) is 19.5. The van der Waals surface area contributed by atoms with Gasteiger partial charge in [-0.1, -0.05) is 12.1 Å². The van der Waals surface area contributed by atoms with Crippen LogP contribution >= 0.6 is 0 Å². The maximum absolute atomic E-state index is 12.7. The number of aryl methyl sites for hydroxylation is 1. The van der Waals surface area contributed by atoms with E-state index in [9.17, 15) is 4.79 Å². The van der Waals surface area contributed by atoms with Gasteiger partial charge in [-0.25, -0.2) is 9.78 Å². The number of likely N-dealkylation sites (tertiary alicyclic amines) is 1. The molecule has 1 saturated heterocycles. The normalized spacial score (nSPS) is 16.2. The number of pyridine rings is 1. The van der Waals surface area contributed by atoms with Gasteiger partial charge < -0.3 is 13.7 Å². The predicted molar refractivity (Wildman–Crippen MR) is 111 cm³/mol. The van der Waals surface area contributed by atoms with E-state index in [2.05, 4.69) is 35.1 Å². The molecule has 28 heavy (non-hydrogen) atoms. The average Bonchev–Trinajstić information content (AvgIpc) is 3.07. The highest BCUT2D eigenvalue weighted by Gasteiger charge is 2.19. The van der Waals surface area contributed by atoms with Gasteiger partial charge in [0.15, 0.2) is 0 Å². The quantitative estimate of drug-likeness (QED) is 0.494. The van der Waals surface area contributed by atoms with Crippen LogP contribution in [0.4, 0.5) is 0 Å². The van der Waals surface area contributed by atoms with Crippen molar-refractivity contribution in [1.82, 2.24) is 14.3 Å². The number of fused-ring (bicyclic) bond motifs is 2. The lowest BCUT2D eigenvalue weighted by Crippen LogP contribution is -2.29. The van der Waals surface area contributed by atoms with E-state index in [0.29, 0.717) is 17.1 Å². The Morgan fingerprint density at radius 1 is 1.07 bits per heavy atom. The summed E-state index contributed by atoms with van der Waals surface area (Å²) in [5.74, 6) is 0.539. The predicted octanol–water partition coefficient (Wildman–Crippen LogP) is 4.23. The van der Waals surface area contributed by atoms with Crippen molar-refractivity contribution in [2.24, 2.45) is 0 Å². The Morgan fingerprint density at radius 3 is 2.71 bits per heavy atom. The standard InChI is InChI=1S/C23H23N3O2/c1-15-13-26-14-19(5-6-22(26)24-15)20-11-18-4-3-17(12-21(18)28-23(20)27)16-7-9-25(2)10-8-16/h3-6,11-14,16H,7-10H2,1-2H3. The topological polar surface area (TPSA) is 50.8 Å². The summed E-state index contributed by atoms with van der Waals surface area (Å²) >= 11 is 0. The van der Waals surface area contributed by atoms with E-state index in [1.807, 2.05) is 41.9 Å². The first-order valence-corrected chi connectivity index (χ1v) is 9.79. The molecule has 0 aliphatic carbocycles. The van der Waals surface area contributed by atoms with Crippen LogP contribution in [-0.4, -0.2) is 34.4 Å². The van der Waals surface area contributed by atoms with Crippen LogP contribution in [0.15, 0.2) is 58.0 Å². The molecule has 1 aliphatic heterocycles. The highest BCUT2D eigenvalue weighted by Crippen LogP contribution is 2.30. The van der Waals surface area contributed by atoms with Crippen LogP contribution in [0.3, 0.4) is 0 Å². The Balaban J connectivity index is 1.54. The molecule has 1 aromatic carbocycles. The molecule has 0 bridgehead atoms. The van der Waals surface area contributed by atoms with Crippen LogP contribution in [0.1, 0.15) is 30.0 Å². The van der Waals surface area contributed by atoms with Gasteiger partial charge in [0.2, 0.25) is 0 Å². The highest BCUT2D eigenvalue weighted by atomic mass is 16.4. The minimum atomic E-state index is -0.302. The summed E-state index contributed by atoms with van der Waals surface area (Å²) in [6.07, 6.45) is 6.18. The van der Waals surface area contributed by atoms with Gasteiger partial charge in [0.25, 0.3) is 0 Å². The Kier molecular flexibility index (Phi) is 4.05. The second kappa shape index (κ2) is 6.60. The van der Waals surface area contributed by atoms with Crippen molar-refractivity contribution in [3.05, 3.63) is 70.5 Å². The van der Waals surface area contributed by atoms with E-state index < -0.39 is 0 Å². The highest BCUT2D eigenvalue weighted by molar-refractivity contribution is 5.82. The first kappa shape index (κ1) is 17.2. The van der Waals surface area contributed by atoms with E-state index in [1.165, 1.54) is 5.56 Å². The second-order valence-corrected chi connectivity index (χ2v) is 7.89. The van der Waals surface area contributed by atoms with Gasteiger partial charge in [-0.15, -0.1) is 0 Å². The number of hydrogen-bond donors (Lipinski definition) is 0. The average molecular weight is 373 g/mol. The Labute approximate surface area is 163 Å². The third-order valence-corrected chi connectivity index (χ3v) is 5.83. The molecule has 0 radical (unpaired) electrons. The smallest absolute Gasteiger partial charge is 0.344 e. The maximum Gasteiger partial charge on any atom is 0.344 e. The number of benzene rings is 1. The molecular weight excluding hydrogens is 350 g/mol. The van der Waals surface area contributed by atoms with E-state index in [0.717, 1.165) is 48.2 Å². The Hall–Kier alpha value is -2.92. The summed E-state index contributed by atoms with van der Waals surface area (Å²) in [5, 5.41) is 0.952. The zero-order chi connectivity index (χ0) is 19.3. The molecule has 0 N–H and O–H groups in total. The van der Waals surface area contributed by atoms with Crippen molar-refractivity contribution >= 4 is 16.6 Å². The van der Waals surface area contributed by atoms with Gasteiger partial charge in [0, 0.05) is 23.3 Å². The molecule has 0 amide bonds. The van der Waals surface area contributed by atoms with Gasteiger partial charge in [-0.3, -0.25) is 0 Å². The van der Waals surface area contributed by atoms with Crippen molar-refractivity contribution < 1.29 is 4.42 Å². The van der Waals surface area contributed by atoms with Crippen LogP contribution in [0.2, 0.25) is 0 Å². The van der Waals surface area contributed by atoms with E-state index in [4.69, 9.17) is 4.42 Å². The number of aromatic nitrogens is 2. The zero-order valence-electron chi connectivity index (χ0n) is 16.2. The molecule has 4 heterocycles. The molecule has 1 aliphatic rings. The third kappa shape index (κ3) is 3.02. The third-order valence-electron chi connectivity index (χ3n) is 5.83. The van der Waals surface area contributed by atoms with Gasteiger partial charge in [0.05, 0.1) is 11.3 Å². The van der Waals surface area contributed by atoms with Crippen molar-refractivity contribution in [2.45, 2.75) is 25.7 Å². The fourth-order valence-electron chi connectivity index (χ4n) is 4.20. The second-order valence-electron chi connectivity index (χ2n) is 7.89. The first-order chi connectivity index (χ1) is 13.6. The van der Waals surface area contributed by atoms with E-state index >= 15 is 0 Å². The lowest BCUT2D eigenvalue weighted by molar-refractivity contribution is 0.255. The molecule has 0 spiro atoms. The zero-order valence-corrected chi connectivity index (χ0v) is 16.2. The van der Waals surface area contributed by atoms with Gasteiger partial charge in [-0.2, -0.15) is 0 Å².